The van der Waals surface area contributed by atoms with Crippen molar-refractivity contribution in [2.75, 3.05) is 26.3 Å². The molecule has 3 nitrogen and oxygen atoms in total. The van der Waals surface area contributed by atoms with Crippen molar-refractivity contribution < 1.29 is 9.47 Å². The minimum atomic E-state index is 0.196. The smallest absolute Gasteiger partial charge is 0.0975 e. The number of benzene rings is 1. The van der Waals surface area contributed by atoms with Crippen LogP contribution in [0.4, 0.5) is 0 Å². The van der Waals surface area contributed by atoms with Crippen LogP contribution in [0, 0.1) is 0 Å². The van der Waals surface area contributed by atoms with Crippen LogP contribution in [-0.4, -0.2) is 43.4 Å². The maximum atomic E-state index is 6.50. The highest BCUT2D eigenvalue weighted by atomic mass is 16.5. The molecule has 284 valence electrons. The highest BCUT2D eigenvalue weighted by Crippen LogP contribution is 2.21. The Bertz CT molecular complexity index is 909. The topological polar surface area (TPSA) is 21.7 Å². The van der Waals surface area contributed by atoms with Gasteiger partial charge in [0, 0.05) is 32.8 Å². The first-order valence-electron chi connectivity index (χ1n) is 21.4. The van der Waals surface area contributed by atoms with E-state index in [9.17, 15) is 0 Å². The average Bonchev–Trinajstić information content (AvgIpc) is 3.51. The standard InChI is InChI=1S/C47H79NO2/c1-3-5-7-9-11-13-15-17-19-21-23-25-27-29-31-36-40-49-46-43-48(42-45-38-34-33-35-39-45)44-47(46)50-41-37-32-30-28-26-24-22-20-18-16-14-12-10-8-6-4-2/h11-14,17-20,33-35,38-39,46-47H,3-10,15-16,21-32,36-37,40-44H2,1-2H3/b13-11-,14-12-,19-17-,20-18-/t46-,47+. The Hall–Kier alpha value is -1.94. The van der Waals surface area contributed by atoms with Crippen LogP contribution in [0.3, 0.4) is 0 Å². The Labute approximate surface area is 311 Å². The van der Waals surface area contributed by atoms with Crippen molar-refractivity contribution in [1.82, 2.24) is 4.90 Å². The van der Waals surface area contributed by atoms with E-state index in [1.165, 1.54) is 147 Å². The Balaban J connectivity index is 1.51. The Morgan fingerprint density at radius 2 is 0.860 bits per heavy atom. The molecule has 0 N–H and O–H groups in total. The number of allylic oxidation sites excluding steroid dienone is 8. The van der Waals surface area contributed by atoms with Gasteiger partial charge >= 0.3 is 0 Å². The molecule has 1 aromatic rings. The first-order valence-corrected chi connectivity index (χ1v) is 21.4. The van der Waals surface area contributed by atoms with Gasteiger partial charge < -0.3 is 9.47 Å². The second-order valence-corrected chi connectivity index (χ2v) is 14.7. The van der Waals surface area contributed by atoms with Gasteiger partial charge in [0.2, 0.25) is 0 Å². The van der Waals surface area contributed by atoms with Gasteiger partial charge in [0.1, 0.15) is 0 Å². The van der Waals surface area contributed by atoms with Gasteiger partial charge in [-0.05, 0) is 82.6 Å². The highest BCUT2D eigenvalue weighted by molar-refractivity contribution is 5.15. The molecule has 0 bridgehead atoms. The van der Waals surface area contributed by atoms with Crippen molar-refractivity contribution >= 4 is 0 Å². The van der Waals surface area contributed by atoms with Crippen molar-refractivity contribution in [1.29, 1.82) is 0 Å². The fourth-order valence-corrected chi connectivity index (χ4v) is 6.76. The zero-order valence-corrected chi connectivity index (χ0v) is 32.9. The van der Waals surface area contributed by atoms with Crippen LogP contribution >= 0.6 is 0 Å². The summed E-state index contributed by atoms with van der Waals surface area (Å²) in [5, 5.41) is 0. The van der Waals surface area contributed by atoms with Gasteiger partial charge in [-0.25, -0.2) is 0 Å². The molecule has 1 aliphatic heterocycles. The van der Waals surface area contributed by atoms with Gasteiger partial charge in [0.15, 0.2) is 0 Å². The molecule has 50 heavy (non-hydrogen) atoms. The summed E-state index contributed by atoms with van der Waals surface area (Å²) in [4.78, 5) is 2.53. The third-order valence-electron chi connectivity index (χ3n) is 9.89. The Morgan fingerprint density at radius 1 is 0.480 bits per heavy atom. The summed E-state index contributed by atoms with van der Waals surface area (Å²) in [6.45, 7) is 9.20. The highest BCUT2D eigenvalue weighted by Gasteiger charge is 2.34. The molecule has 0 aliphatic carbocycles. The summed E-state index contributed by atoms with van der Waals surface area (Å²) in [7, 11) is 0. The fourth-order valence-electron chi connectivity index (χ4n) is 6.76. The lowest BCUT2D eigenvalue weighted by Crippen LogP contribution is -2.30. The van der Waals surface area contributed by atoms with Crippen LogP contribution in [0.25, 0.3) is 0 Å². The van der Waals surface area contributed by atoms with Crippen LogP contribution in [0.5, 0.6) is 0 Å². The molecule has 2 atom stereocenters. The fraction of sp³-hybridized carbons (Fsp3) is 0.702. The summed E-state index contributed by atoms with van der Waals surface area (Å²) < 4.78 is 13.0. The first kappa shape index (κ1) is 44.2. The first-order chi connectivity index (χ1) is 24.8. The maximum absolute atomic E-state index is 6.50. The summed E-state index contributed by atoms with van der Waals surface area (Å²) in [5.74, 6) is 0. The maximum Gasteiger partial charge on any atom is 0.0975 e. The summed E-state index contributed by atoms with van der Waals surface area (Å²) in [6.07, 6.45) is 49.9. The molecule has 1 aliphatic rings. The molecule has 0 radical (unpaired) electrons. The molecule has 1 heterocycles. The van der Waals surface area contributed by atoms with E-state index >= 15 is 0 Å². The van der Waals surface area contributed by atoms with E-state index in [2.05, 4.69) is 97.7 Å². The van der Waals surface area contributed by atoms with Crippen LogP contribution < -0.4 is 0 Å². The third-order valence-corrected chi connectivity index (χ3v) is 9.89. The zero-order valence-electron chi connectivity index (χ0n) is 32.9. The second kappa shape index (κ2) is 34.2. The average molecular weight is 690 g/mol. The quantitative estimate of drug-likeness (QED) is 0.0531. The number of hydrogen-bond donors (Lipinski definition) is 0. The second-order valence-electron chi connectivity index (χ2n) is 14.7. The zero-order chi connectivity index (χ0) is 35.4. The van der Waals surface area contributed by atoms with Crippen LogP contribution in [0.15, 0.2) is 78.9 Å². The SMILES string of the molecule is CCCCC/C=C\C/C=C\CCCCCCCCO[C@H]1CN(Cc2ccccc2)C[C@H]1OCCCCCCCC/C=C\C/C=C\CCCCC. The monoisotopic (exact) mass is 690 g/mol. The van der Waals surface area contributed by atoms with Crippen molar-refractivity contribution in [3.8, 4) is 0 Å². The number of hydrogen-bond acceptors (Lipinski definition) is 3. The third kappa shape index (κ3) is 25.9. The lowest BCUT2D eigenvalue weighted by atomic mass is 10.1. The van der Waals surface area contributed by atoms with Crippen LogP contribution in [0.2, 0.25) is 0 Å². The van der Waals surface area contributed by atoms with Crippen LogP contribution in [-0.2, 0) is 16.0 Å². The number of likely N-dealkylation sites (tertiary alicyclic amines) is 1. The van der Waals surface area contributed by atoms with Crippen molar-refractivity contribution in [2.24, 2.45) is 0 Å². The normalized spacial score (nSPS) is 17.2. The minimum Gasteiger partial charge on any atom is -0.374 e. The summed E-state index contributed by atoms with van der Waals surface area (Å²) in [5.41, 5.74) is 1.38. The van der Waals surface area contributed by atoms with E-state index in [1.807, 2.05) is 0 Å². The number of nitrogens with zero attached hydrogens (tertiary/aromatic N) is 1. The predicted octanol–water partition coefficient (Wildman–Crippen LogP) is 13.9. The lowest BCUT2D eigenvalue weighted by Gasteiger charge is -2.20. The van der Waals surface area contributed by atoms with E-state index < -0.39 is 0 Å². The van der Waals surface area contributed by atoms with Gasteiger partial charge in [0.25, 0.3) is 0 Å². The van der Waals surface area contributed by atoms with Crippen molar-refractivity contribution in [3.05, 3.63) is 84.5 Å². The van der Waals surface area contributed by atoms with E-state index in [1.54, 1.807) is 0 Å². The summed E-state index contributed by atoms with van der Waals surface area (Å²) in [6, 6.07) is 10.9. The molecule has 1 aromatic carbocycles. The predicted molar refractivity (Wildman–Crippen MR) is 220 cm³/mol. The van der Waals surface area contributed by atoms with Gasteiger partial charge in [-0.1, -0.05) is 170 Å². The van der Waals surface area contributed by atoms with Crippen molar-refractivity contribution in [3.63, 3.8) is 0 Å². The van der Waals surface area contributed by atoms with E-state index in [-0.39, 0.29) is 12.2 Å². The summed E-state index contributed by atoms with van der Waals surface area (Å²) >= 11 is 0. The van der Waals surface area contributed by atoms with E-state index in [0.29, 0.717) is 0 Å². The molecule has 0 spiro atoms. The molecule has 3 heteroatoms. The van der Waals surface area contributed by atoms with Gasteiger partial charge in [0.05, 0.1) is 12.2 Å². The molecule has 1 saturated heterocycles. The number of rotatable bonds is 34. The van der Waals surface area contributed by atoms with E-state index in [4.69, 9.17) is 9.47 Å². The van der Waals surface area contributed by atoms with Crippen molar-refractivity contribution in [2.45, 2.75) is 187 Å². The molecule has 0 amide bonds. The largest absolute Gasteiger partial charge is 0.374 e. The molecule has 0 aromatic heterocycles. The lowest BCUT2D eigenvalue weighted by molar-refractivity contribution is -0.0481. The minimum absolute atomic E-state index is 0.196. The molecular formula is C47H79NO2. The molecule has 0 saturated carbocycles. The van der Waals surface area contributed by atoms with Gasteiger partial charge in [-0.3, -0.25) is 4.90 Å². The van der Waals surface area contributed by atoms with E-state index in [0.717, 1.165) is 45.7 Å². The van der Waals surface area contributed by atoms with Gasteiger partial charge in [-0.2, -0.15) is 0 Å². The molecule has 2 rings (SSSR count). The molecular weight excluding hydrogens is 611 g/mol. The van der Waals surface area contributed by atoms with Crippen LogP contribution in [0.1, 0.15) is 174 Å². The molecule has 0 unspecified atom stereocenters. The number of unbranched alkanes of at least 4 members (excludes halogenated alkanes) is 18. The van der Waals surface area contributed by atoms with Gasteiger partial charge in [-0.15, -0.1) is 0 Å². The number of ether oxygens (including phenoxy) is 2. The Morgan fingerprint density at radius 3 is 1.28 bits per heavy atom. The Kier molecular flexibility index (Phi) is 30.2. The molecule has 1 fully saturated rings.